The molecule has 1 aromatic heterocycles. The van der Waals surface area contributed by atoms with Crippen LogP contribution in [0.4, 0.5) is 5.95 Å². The third kappa shape index (κ3) is 2.89. The SMILES string of the molecule is Cc1nc(NC(=O)[C@H]2Cc3ccccc3O2)n(-c2ccc(C#N)cc2)n1. The fourth-order valence-electron chi connectivity index (χ4n) is 2.87. The number of nitrogens with one attached hydrogen (secondary N) is 1. The predicted molar refractivity (Wildman–Crippen MR) is 94.0 cm³/mol. The third-order valence-electron chi connectivity index (χ3n) is 4.13. The fourth-order valence-corrected chi connectivity index (χ4v) is 2.87. The molecule has 26 heavy (non-hydrogen) atoms. The maximum absolute atomic E-state index is 12.6. The summed E-state index contributed by atoms with van der Waals surface area (Å²) in [6.07, 6.45) is -0.0785. The molecule has 0 saturated heterocycles. The number of nitriles is 1. The summed E-state index contributed by atoms with van der Waals surface area (Å²) in [7, 11) is 0. The lowest BCUT2D eigenvalue weighted by atomic mass is 10.1. The average Bonchev–Trinajstić information content (AvgIpc) is 3.25. The van der Waals surface area contributed by atoms with Crippen molar-refractivity contribution in [3.63, 3.8) is 0 Å². The molecule has 4 rings (SSSR count). The van der Waals surface area contributed by atoms with Crippen molar-refractivity contribution in [3.8, 4) is 17.5 Å². The number of ether oxygens (including phenoxy) is 1. The maximum Gasteiger partial charge on any atom is 0.268 e. The monoisotopic (exact) mass is 345 g/mol. The highest BCUT2D eigenvalue weighted by atomic mass is 16.5. The van der Waals surface area contributed by atoms with Crippen LogP contribution in [0, 0.1) is 18.3 Å². The zero-order valence-corrected chi connectivity index (χ0v) is 14.0. The van der Waals surface area contributed by atoms with Crippen LogP contribution < -0.4 is 10.1 Å². The van der Waals surface area contributed by atoms with Gasteiger partial charge in [-0.2, -0.15) is 14.9 Å². The number of para-hydroxylation sites is 1. The van der Waals surface area contributed by atoms with Crippen LogP contribution in [0.25, 0.3) is 5.69 Å². The fraction of sp³-hybridized carbons (Fsp3) is 0.158. The number of aromatic nitrogens is 3. The van der Waals surface area contributed by atoms with Gasteiger partial charge in [0.25, 0.3) is 5.91 Å². The molecule has 2 aromatic carbocycles. The van der Waals surface area contributed by atoms with Crippen molar-refractivity contribution < 1.29 is 9.53 Å². The number of amides is 1. The molecular weight excluding hydrogens is 330 g/mol. The maximum atomic E-state index is 12.6. The number of aryl methyl sites for hydroxylation is 1. The van der Waals surface area contributed by atoms with E-state index < -0.39 is 6.10 Å². The minimum atomic E-state index is -0.598. The van der Waals surface area contributed by atoms with Crippen molar-refractivity contribution >= 4 is 11.9 Å². The molecule has 3 aromatic rings. The topological polar surface area (TPSA) is 92.8 Å². The van der Waals surface area contributed by atoms with Crippen LogP contribution in [-0.4, -0.2) is 26.8 Å². The number of benzene rings is 2. The highest BCUT2D eigenvalue weighted by Crippen LogP contribution is 2.28. The van der Waals surface area contributed by atoms with Gasteiger partial charge in [-0.05, 0) is 42.8 Å². The lowest BCUT2D eigenvalue weighted by molar-refractivity contribution is -0.122. The first-order valence-electron chi connectivity index (χ1n) is 8.13. The van der Waals surface area contributed by atoms with Crippen LogP contribution in [0.2, 0.25) is 0 Å². The van der Waals surface area contributed by atoms with Gasteiger partial charge in [0.15, 0.2) is 6.10 Å². The molecular formula is C19H15N5O2. The molecule has 7 heteroatoms. The molecule has 1 N–H and O–H groups in total. The van der Waals surface area contributed by atoms with Crippen LogP contribution in [0.15, 0.2) is 48.5 Å². The van der Waals surface area contributed by atoms with Crippen molar-refractivity contribution in [1.82, 2.24) is 14.8 Å². The molecule has 0 radical (unpaired) electrons. The van der Waals surface area contributed by atoms with Gasteiger partial charge in [0.1, 0.15) is 11.6 Å². The number of fused-ring (bicyclic) bond motifs is 1. The number of carbonyl (C=O) groups excluding carboxylic acids is 1. The van der Waals surface area contributed by atoms with E-state index in [0.717, 1.165) is 11.3 Å². The van der Waals surface area contributed by atoms with Gasteiger partial charge < -0.3 is 4.74 Å². The van der Waals surface area contributed by atoms with Crippen molar-refractivity contribution in [2.45, 2.75) is 19.4 Å². The quantitative estimate of drug-likeness (QED) is 0.787. The van der Waals surface area contributed by atoms with Gasteiger partial charge in [-0.15, -0.1) is 5.10 Å². The Labute approximate surface area is 149 Å². The van der Waals surface area contributed by atoms with Crippen molar-refractivity contribution in [2.75, 3.05) is 5.32 Å². The summed E-state index contributed by atoms with van der Waals surface area (Å²) in [6.45, 7) is 1.75. The van der Waals surface area contributed by atoms with Gasteiger partial charge in [-0.1, -0.05) is 18.2 Å². The normalized spacial score (nSPS) is 15.0. The van der Waals surface area contributed by atoms with Crippen molar-refractivity contribution in [3.05, 3.63) is 65.5 Å². The number of nitrogens with zero attached hydrogens (tertiary/aromatic N) is 4. The van der Waals surface area contributed by atoms with Gasteiger partial charge in [-0.3, -0.25) is 10.1 Å². The molecule has 128 valence electrons. The van der Waals surface area contributed by atoms with E-state index in [-0.39, 0.29) is 5.91 Å². The second-order valence-electron chi connectivity index (χ2n) is 5.96. The first-order valence-corrected chi connectivity index (χ1v) is 8.13. The number of hydrogen-bond acceptors (Lipinski definition) is 5. The smallest absolute Gasteiger partial charge is 0.268 e. The van der Waals surface area contributed by atoms with Gasteiger partial charge in [0.05, 0.1) is 17.3 Å². The molecule has 0 unspecified atom stereocenters. The van der Waals surface area contributed by atoms with Crippen LogP contribution in [0.3, 0.4) is 0 Å². The summed E-state index contributed by atoms with van der Waals surface area (Å²) < 4.78 is 7.26. The molecule has 0 saturated carbocycles. The van der Waals surface area contributed by atoms with E-state index in [2.05, 4.69) is 21.5 Å². The molecule has 0 aliphatic carbocycles. The molecule has 2 heterocycles. The summed E-state index contributed by atoms with van der Waals surface area (Å²) >= 11 is 0. The lowest BCUT2D eigenvalue weighted by Crippen LogP contribution is -2.32. The van der Waals surface area contributed by atoms with E-state index in [9.17, 15) is 4.79 Å². The number of hydrogen-bond donors (Lipinski definition) is 1. The van der Waals surface area contributed by atoms with Gasteiger partial charge in [0, 0.05) is 6.42 Å². The first-order chi connectivity index (χ1) is 12.6. The summed E-state index contributed by atoms with van der Waals surface area (Å²) in [4.78, 5) is 16.9. The average molecular weight is 345 g/mol. The summed E-state index contributed by atoms with van der Waals surface area (Å²) in [6, 6.07) is 16.6. The molecule has 1 amide bonds. The van der Waals surface area contributed by atoms with Gasteiger partial charge in [-0.25, -0.2) is 0 Å². The number of carbonyl (C=O) groups is 1. The van der Waals surface area contributed by atoms with E-state index in [1.165, 1.54) is 4.68 Å². The standard InChI is InChI=1S/C19H15N5O2/c1-12-21-19(24(23-12)15-8-6-13(11-20)7-9-15)22-18(25)17-10-14-4-2-3-5-16(14)26-17/h2-9,17H,10H2,1H3,(H,21,22,23,25)/t17-/m1/s1. The molecule has 1 aliphatic rings. The Hall–Kier alpha value is -3.66. The Bertz CT molecular complexity index is 992. The van der Waals surface area contributed by atoms with Crippen molar-refractivity contribution in [1.29, 1.82) is 5.26 Å². The van der Waals surface area contributed by atoms with Crippen LogP contribution >= 0.6 is 0 Å². The van der Waals surface area contributed by atoms with E-state index in [1.54, 1.807) is 31.2 Å². The van der Waals surface area contributed by atoms with E-state index in [4.69, 9.17) is 10.00 Å². The van der Waals surface area contributed by atoms with E-state index in [0.29, 0.717) is 29.4 Å². The number of rotatable bonds is 3. The predicted octanol–water partition coefficient (Wildman–Crippen LogP) is 2.39. The first kappa shape index (κ1) is 15.8. The summed E-state index contributed by atoms with van der Waals surface area (Å²) in [5.41, 5.74) is 2.27. The van der Waals surface area contributed by atoms with Crippen LogP contribution in [0.5, 0.6) is 5.75 Å². The highest BCUT2D eigenvalue weighted by molar-refractivity contribution is 5.94. The second kappa shape index (κ2) is 6.33. The van der Waals surface area contributed by atoms with Crippen LogP contribution in [0.1, 0.15) is 17.0 Å². The van der Waals surface area contributed by atoms with Crippen LogP contribution in [-0.2, 0) is 11.2 Å². The van der Waals surface area contributed by atoms with Gasteiger partial charge >= 0.3 is 0 Å². The molecule has 0 spiro atoms. The largest absolute Gasteiger partial charge is 0.480 e. The molecule has 7 nitrogen and oxygen atoms in total. The van der Waals surface area contributed by atoms with Crippen molar-refractivity contribution in [2.24, 2.45) is 0 Å². The molecule has 1 atom stereocenters. The Morgan fingerprint density at radius 2 is 2.04 bits per heavy atom. The zero-order chi connectivity index (χ0) is 18.1. The Kier molecular flexibility index (Phi) is 3.86. The number of anilines is 1. The third-order valence-corrected chi connectivity index (χ3v) is 4.13. The summed E-state index contributed by atoms with van der Waals surface area (Å²) in [5, 5.41) is 16.0. The van der Waals surface area contributed by atoms with E-state index >= 15 is 0 Å². The molecule has 0 fully saturated rings. The minimum Gasteiger partial charge on any atom is -0.480 e. The molecule has 1 aliphatic heterocycles. The Balaban J connectivity index is 1.55. The lowest BCUT2D eigenvalue weighted by Gasteiger charge is -2.11. The highest BCUT2D eigenvalue weighted by Gasteiger charge is 2.29. The van der Waals surface area contributed by atoms with E-state index in [1.807, 2.05) is 24.3 Å². The summed E-state index contributed by atoms with van der Waals surface area (Å²) in [5.74, 6) is 1.30. The zero-order valence-electron chi connectivity index (χ0n) is 14.0. The Morgan fingerprint density at radius 1 is 1.27 bits per heavy atom. The Morgan fingerprint density at radius 3 is 2.77 bits per heavy atom. The second-order valence-corrected chi connectivity index (χ2v) is 5.96. The minimum absolute atomic E-state index is 0.275. The molecule has 0 bridgehead atoms. The van der Waals surface area contributed by atoms with Gasteiger partial charge in [0.2, 0.25) is 5.95 Å².